The van der Waals surface area contributed by atoms with Gasteiger partial charge in [-0.15, -0.1) is 0 Å². The average Bonchev–Trinajstić information content (AvgIpc) is 3.37. The third-order valence-corrected chi connectivity index (χ3v) is 7.80. The molecule has 3 heterocycles. The molecule has 0 amide bonds. The minimum absolute atomic E-state index is 0.0792. The molecular formula is C28H20ClF3N4O3S. The Morgan fingerprint density at radius 3 is 2.58 bits per heavy atom. The van der Waals surface area contributed by atoms with Gasteiger partial charge in [0.2, 0.25) is 0 Å². The molecule has 1 aliphatic rings. The lowest BCUT2D eigenvalue weighted by Crippen LogP contribution is -2.41. The van der Waals surface area contributed by atoms with E-state index in [4.69, 9.17) is 16.3 Å². The molecule has 0 aliphatic carbocycles. The van der Waals surface area contributed by atoms with Gasteiger partial charge in [0.15, 0.2) is 10.5 Å². The van der Waals surface area contributed by atoms with E-state index in [0.717, 1.165) is 26.8 Å². The number of esters is 1. The molecule has 0 N–H and O–H groups in total. The number of carbonyl (C=O) groups excluding carboxylic acids is 1. The Kier molecular flexibility index (Phi) is 7.16. The fourth-order valence-electron chi connectivity index (χ4n) is 4.85. The first-order chi connectivity index (χ1) is 19.1. The van der Waals surface area contributed by atoms with Crippen LogP contribution in [0.25, 0.3) is 17.0 Å². The van der Waals surface area contributed by atoms with Gasteiger partial charge < -0.3 is 9.30 Å². The Morgan fingerprint density at radius 1 is 1.23 bits per heavy atom. The number of aromatic nitrogens is 2. The molecular weight excluding hydrogens is 565 g/mol. The predicted molar refractivity (Wildman–Crippen MR) is 145 cm³/mol. The Balaban J connectivity index is 1.84. The van der Waals surface area contributed by atoms with Crippen molar-refractivity contribution in [1.29, 1.82) is 5.26 Å². The molecule has 5 rings (SSSR count). The number of allylic oxidation sites excluding steroid dienone is 1. The zero-order chi connectivity index (χ0) is 28.8. The summed E-state index contributed by atoms with van der Waals surface area (Å²) < 4.78 is 50.9. The number of hydrogen-bond acceptors (Lipinski definition) is 6. The molecule has 2 aromatic heterocycles. The summed E-state index contributed by atoms with van der Waals surface area (Å²) in [6.07, 6.45) is -3.40. The SMILES string of the molecule is CCOC(=O)C1=C(C(F)(F)F)N=c2s/c(=C\c3c(C)n(CC#N)c4ccccc34)c(=O)n2[C@H]1c1ccc(Cl)cc1. The molecule has 4 aromatic rings. The number of nitrogens with zero attached hydrogens (tertiary/aromatic N) is 4. The zero-order valence-electron chi connectivity index (χ0n) is 21.1. The van der Waals surface area contributed by atoms with Crippen LogP contribution >= 0.6 is 22.9 Å². The number of rotatable bonds is 5. The molecule has 12 heteroatoms. The second-order valence-corrected chi connectivity index (χ2v) is 10.3. The van der Waals surface area contributed by atoms with Crippen molar-refractivity contribution in [3.05, 3.63) is 101 Å². The summed E-state index contributed by atoms with van der Waals surface area (Å²) >= 11 is 6.80. The minimum atomic E-state index is -5.00. The molecule has 1 aliphatic heterocycles. The number of thiazole rings is 1. The normalized spacial score (nSPS) is 15.6. The summed E-state index contributed by atoms with van der Waals surface area (Å²) in [5.41, 5.74) is -0.436. The molecule has 7 nitrogen and oxygen atoms in total. The minimum Gasteiger partial charge on any atom is -0.463 e. The Labute approximate surface area is 234 Å². The van der Waals surface area contributed by atoms with E-state index in [2.05, 4.69) is 11.1 Å². The van der Waals surface area contributed by atoms with Crippen molar-refractivity contribution in [3.8, 4) is 6.07 Å². The van der Waals surface area contributed by atoms with Crippen LogP contribution in [-0.2, 0) is 16.1 Å². The Hall–Kier alpha value is -4.14. The van der Waals surface area contributed by atoms with Gasteiger partial charge in [0.25, 0.3) is 5.56 Å². The van der Waals surface area contributed by atoms with Crippen LogP contribution in [0.2, 0.25) is 5.02 Å². The highest BCUT2D eigenvalue weighted by Gasteiger charge is 2.45. The van der Waals surface area contributed by atoms with Crippen molar-refractivity contribution < 1.29 is 22.7 Å². The van der Waals surface area contributed by atoms with Gasteiger partial charge in [-0.3, -0.25) is 9.36 Å². The first-order valence-electron chi connectivity index (χ1n) is 12.1. The fraction of sp³-hybridized carbons (Fsp3) is 0.214. The van der Waals surface area contributed by atoms with Crippen molar-refractivity contribution in [2.75, 3.05) is 6.61 Å². The van der Waals surface area contributed by atoms with Crippen LogP contribution in [0.3, 0.4) is 0 Å². The summed E-state index contributed by atoms with van der Waals surface area (Å²) in [4.78, 5) is 30.4. The summed E-state index contributed by atoms with van der Waals surface area (Å²) in [5.74, 6) is -1.22. The third-order valence-electron chi connectivity index (χ3n) is 6.56. The van der Waals surface area contributed by atoms with Gasteiger partial charge in [0.05, 0.1) is 28.8 Å². The molecule has 204 valence electrons. The van der Waals surface area contributed by atoms with Gasteiger partial charge in [-0.25, -0.2) is 9.79 Å². The first-order valence-corrected chi connectivity index (χ1v) is 13.3. The standard InChI is InChI=1S/C28H20ClF3N4O3S/c1-3-39-26(38)22-23(16-8-10-17(29)11-9-16)36-25(37)21(40-27(36)34-24(22)28(30,31)32)14-19-15(2)35(13-12-33)20-7-5-4-6-18(19)20/h4-11,14,23H,3,13H2,1-2H3/b21-14-/t23-/m0/s1. The number of ether oxygens (including phenoxy) is 1. The highest BCUT2D eigenvalue weighted by atomic mass is 35.5. The number of fused-ring (bicyclic) bond motifs is 2. The van der Waals surface area contributed by atoms with Gasteiger partial charge in [0, 0.05) is 27.2 Å². The largest absolute Gasteiger partial charge is 0.463 e. The smallest absolute Gasteiger partial charge is 0.434 e. The van der Waals surface area contributed by atoms with Crippen LogP contribution < -0.4 is 14.9 Å². The lowest BCUT2D eigenvalue weighted by molar-refractivity contribution is -0.140. The van der Waals surface area contributed by atoms with E-state index < -0.39 is 35.0 Å². The Morgan fingerprint density at radius 2 is 1.93 bits per heavy atom. The monoisotopic (exact) mass is 584 g/mol. The van der Waals surface area contributed by atoms with Crippen molar-refractivity contribution >= 4 is 45.9 Å². The second kappa shape index (κ2) is 10.4. The third kappa shape index (κ3) is 4.63. The zero-order valence-corrected chi connectivity index (χ0v) is 22.7. The number of nitriles is 1. The molecule has 1 atom stereocenters. The van der Waals surface area contributed by atoms with Crippen LogP contribution in [0.1, 0.15) is 29.8 Å². The van der Waals surface area contributed by atoms with Crippen LogP contribution in [0.15, 0.2) is 69.6 Å². The van der Waals surface area contributed by atoms with Crippen molar-refractivity contribution in [3.63, 3.8) is 0 Å². The highest BCUT2D eigenvalue weighted by molar-refractivity contribution is 7.07. The molecule has 0 radical (unpaired) electrons. The molecule has 0 unspecified atom stereocenters. The van der Waals surface area contributed by atoms with E-state index in [1.807, 2.05) is 24.3 Å². The van der Waals surface area contributed by atoms with Gasteiger partial charge in [-0.2, -0.15) is 18.4 Å². The van der Waals surface area contributed by atoms with E-state index in [1.54, 1.807) is 17.6 Å². The number of halogens is 4. The van der Waals surface area contributed by atoms with Gasteiger partial charge in [0.1, 0.15) is 6.54 Å². The topological polar surface area (TPSA) is 89.4 Å². The maximum atomic E-state index is 14.3. The van der Waals surface area contributed by atoms with E-state index >= 15 is 0 Å². The van der Waals surface area contributed by atoms with Crippen LogP contribution in [0.4, 0.5) is 13.2 Å². The van der Waals surface area contributed by atoms with Crippen molar-refractivity contribution in [1.82, 2.24) is 9.13 Å². The van der Waals surface area contributed by atoms with Crippen LogP contribution in [0.5, 0.6) is 0 Å². The molecule has 2 aromatic carbocycles. The van der Waals surface area contributed by atoms with Crippen LogP contribution in [0, 0.1) is 18.3 Å². The Bertz CT molecular complexity index is 1910. The molecule has 0 saturated heterocycles. The number of carbonyl (C=O) groups is 1. The second-order valence-electron chi connectivity index (χ2n) is 8.88. The molecule has 0 spiro atoms. The first kappa shape index (κ1) is 27.4. The van der Waals surface area contributed by atoms with E-state index in [-0.39, 0.29) is 28.0 Å². The molecule has 0 fully saturated rings. The fourth-order valence-corrected chi connectivity index (χ4v) is 5.96. The lowest BCUT2D eigenvalue weighted by Gasteiger charge is -2.26. The van der Waals surface area contributed by atoms with Crippen molar-refractivity contribution in [2.24, 2.45) is 4.99 Å². The van der Waals surface area contributed by atoms with E-state index in [9.17, 15) is 28.0 Å². The molecule has 0 bridgehead atoms. The van der Waals surface area contributed by atoms with Gasteiger partial charge >= 0.3 is 12.1 Å². The predicted octanol–water partition coefficient (Wildman–Crippen LogP) is 4.78. The van der Waals surface area contributed by atoms with Crippen molar-refractivity contribution in [2.45, 2.75) is 32.6 Å². The van der Waals surface area contributed by atoms with E-state index in [1.165, 1.54) is 31.2 Å². The summed E-state index contributed by atoms with van der Waals surface area (Å²) in [7, 11) is 0. The van der Waals surface area contributed by atoms with Gasteiger partial charge in [-0.05, 0) is 43.7 Å². The number of alkyl halides is 3. The highest BCUT2D eigenvalue weighted by Crippen LogP contribution is 2.38. The molecule has 40 heavy (non-hydrogen) atoms. The number of benzene rings is 2. The van der Waals surface area contributed by atoms with E-state index in [0.29, 0.717) is 16.3 Å². The lowest BCUT2D eigenvalue weighted by atomic mass is 9.95. The maximum absolute atomic E-state index is 14.3. The number of para-hydroxylation sites is 1. The average molecular weight is 585 g/mol. The van der Waals surface area contributed by atoms with Gasteiger partial charge in [-0.1, -0.05) is 53.3 Å². The number of hydrogen-bond donors (Lipinski definition) is 0. The van der Waals surface area contributed by atoms with Crippen LogP contribution in [-0.4, -0.2) is 27.9 Å². The molecule has 0 saturated carbocycles. The summed E-state index contributed by atoms with van der Waals surface area (Å²) in [5, 5.41) is 10.4. The summed E-state index contributed by atoms with van der Waals surface area (Å²) in [6.45, 7) is 3.19. The maximum Gasteiger partial charge on any atom is 0.434 e. The summed E-state index contributed by atoms with van der Waals surface area (Å²) in [6, 6.07) is 13.9. The quantitative estimate of drug-likeness (QED) is 0.316.